The second-order valence-electron chi connectivity index (χ2n) is 2.98. The van der Waals surface area contributed by atoms with Crippen LogP contribution in [0.4, 0.5) is 11.4 Å². The average molecular weight is 242 g/mol. The molecule has 0 aromatic heterocycles. The topological polar surface area (TPSA) is 81.5 Å². The van der Waals surface area contributed by atoms with Gasteiger partial charge in [0, 0.05) is 6.92 Å². The van der Waals surface area contributed by atoms with Crippen LogP contribution in [0.5, 0.6) is 5.75 Å². The number of nitrogens with zero attached hydrogens (tertiary/aromatic N) is 1. The molecule has 0 aliphatic heterocycles. The molecule has 1 N–H and O–H groups in total. The summed E-state index contributed by atoms with van der Waals surface area (Å²) < 4.78 is 4.94. The van der Waals surface area contributed by atoms with Gasteiger partial charge in [0.1, 0.15) is 5.75 Å². The van der Waals surface area contributed by atoms with Crippen LogP contribution in [0.15, 0.2) is 17.0 Å². The minimum absolute atomic E-state index is 0.162. The molecule has 0 spiro atoms. The summed E-state index contributed by atoms with van der Waals surface area (Å²) in [6, 6.07) is 2.59. The monoisotopic (exact) mass is 242 g/mol. The third-order valence-electron chi connectivity index (χ3n) is 1.80. The van der Waals surface area contributed by atoms with Gasteiger partial charge in [0.05, 0.1) is 28.7 Å². The molecule has 86 valence electrons. The fourth-order valence-electron chi connectivity index (χ4n) is 1.16. The summed E-state index contributed by atoms with van der Waals surface area (Å²) in [5, 5.41) is 13.1. The summed E-state index contributed by atoms with van der Waals surface area (Å²) in [4.78, 5) is 21.1. The number of nitrogens with one attached hydrogen (secondary N) is 1. The van der Waals surface area contributed by atoms with Crippen LogP contribution in [0, 0.1) is 10.1 Å². The first-order valence-electron chi connectivity index (χ1n) is 4.28. The number of amides is 1. The highest BCUT2D eigenvalue weighted by atomic mass is 32.1. The Hall–Kier alpha value is -1.76. The summed E-state index contributed by atoms with van der Waals surface area (Å²) in [6.45, 7) is 1.33. The highest BCUT2D eigenvalue weighted by Crippen LogP contribution is 2.34. The molecule has 16 heavy (non-hydrogen) atoms. The number of hydrogen-bond acceptors (Lipinski definition) is 5. The van der Waals surface area contributed by atoms with Gasteiger partial charge in [0.2, 0.25) is 5.91 Å². The molecule has 0 aliphatic carbocycles. The van der Waals surface area contributed by atoms with Gasteiger partial charge >= 0.3 is 0 Å². The van der Waals surface area contributed by atoms with E-state index in [4.69, 9.17) is 4.74 Å². The van der Waals surface area contributed by atoms with Crippen molar-refractivity contribution >= 4 is 29.9 Å². The van der Waals surface area contributed by atoms with Crippen molar-refractivity contribution in [3.05, 3.63) is 22.2 Å². The van der Waals surface area contributed by atoms with E-state index in [-0.39, 0.29) is 22.2 Å². The smallest absolute Gasteiger partial charge is 0.286 e. The van der Waals surface area contributed by atoms with Crippen LogP contribution in [0.3, 0.4) is 0 Å². The van der Waals surface area contributed by atoms with E-state index in [2.05, 4.69) is 17.9 Å². The number of thiol groups is 1. The van der Waals surface area contributed by atoms with Crippen LogP contribution >= 0.6 is 12.6 Å². The average Bonchev–Trinajstić information content (AvgIpc) is 2.16. The van der Waals surface area contributed by atoms with Gasteiger partial charge in [-0.15, -0.1) is 12.6 Å². The van der Waals surface area contributed by atoms with Crippen molar-refractivity contribution in [2.24, 2.45) is 0 Å². The molecule has 0 fully saturated rings. The van der Waals surface area contributed by atoms with Crippen LogP contribution in [-0.2, 0) is 4.79 Å². The van der Waals surface area contributed by atoms with Crippen molar-refractivity contribution in [2.45, 2.75) is 11.8 Å². The largest absolute Gasteiger partial charge is 0.494 e. The van der Waals surface area contributed by atoms with Gasteiger partial charge in [0.25, 0.3) is 5.69 Å². The first-order valence-corrected chi connectivity index (χ1v) is 4.73. The van der Waals surface area contributed by atoms with E-state index in [1.807, 2.05) is 0 Å². The minimum Gasteiger partial charge on any atom is -0.494 e. The number of benzene rings is 1. The molecule has 0 radical (unpaired) electrons. The van der Waals surface area contributed by atoms with E-state index in [1.54, 1.807) is 0 Å². The number of anilines is 1. The lowest BCUT2D eigenvalue weighted by Gasteiger charge is -2.09. The van der Waals surface area contributed by atoms with Gasteiger partial charge in [-0.1, -0.05) is 0 Å². The molecule has 0 saturated carbocycles. The maximum Gasteiger partial charge on any atom is 0.286 e. The summed E-state index contributed by atoms with van der Waals surface area (Å²) in [5.41, 5.74) is 0.180. The maximum atomic E-state index is 10.9. The molecule has 0 atom stereocenters. The molecular weight excluding hydrogens is 232 g/mol. The van der Waals surface area contributed by atoms with E-state index in [9.17, 15) is 14.9 Å². The van der Waals surface area contributed by atoms with Crippen molar-refractivity contribution in [3.8, 4) is 5.75 Å². The van der Waals surface area contributed by atoms with Gasteiger partial charge in [-0.05, 0) is 6.07 Å². The van der Waals surface area contributed by atoms with Gasteiger partial charge in [0.15, 0.2) is 0 Å². The van der Waals surface area contributed by atoms with Gasteiger partial charge in [-0.3, -0.25) is 14.9 Å². The molecule has 1 rings (SSSR count). The molecule has 1 aromatic rings. The molecule has 0 bridgehead atoms. The molecule has 6 nitrogen and oxygen atoms in total. The van der Waals surface area contributed by atoms with Crippen molar-refractivity contribution < 1.29 is 14.5 Å². The Morgan fingerprint density at radius 1 is 1.56 bits per heavy atom. The SMILES string of the molecule is COc1cc([N+](=O)[O-])c(S)cc1NC(C)=O. The van der Waals surface area contributed by atoms with Crippen LogP contribution in [0.1, 0.15) is 6.92 Å². The Kier molecular flexibility index (Phi) is 3.73. The Morgan fingerprint density at radius 2 is 2.19 bits per heavy atom. The fraction of sp³-hybridized carbons (Fsp3) is 0.222. The first kappa shape index (κ1) is 12.3. The van der Waals surface area contributed by atoms with Crippen molar-refractivity contribution in [2.75, 3.05) is 12.4 Å². The summed E-state index contributed by atoms with van der Waals surface area (Å²) in [7, 11) is 1.36. The summed E-state index contributed by atoms with van der Waals surface area (Å²) in [5.74, 6) is -0.0698. The zero-order valence-corrected chi connectivity index (χ0v) is 9.58. The number of rotatable bonds is 3. The van der Waals surface area contributed by atoms with Gasteiger partial charge in [-0.25, -0.2) is 0 Å². The molecule has 0 unspecified atom stereocenters. The number of carbonyl (C=O) groups is 1. The normalized spacial score (nSPS) is 9.69. The predicted octanol–water partition coefficient (Wildman–Crippen LogP) is 1.85. The zero-order valence-electron chi connectivity index (χ0n) is 8.68. The lowest BCUT2D eigenvalue weighted by atomic mass is 10.2. The highest BCUT2D eigenvalue weighted by Gasteiger charge is 2.16. The Balaban J connectivity index is 3.26. The molecule has 0 aliphatic rings. The van der Waals surface area contributed by atoms with Crippen molar-refractivity contribution in [3.63, 3.8) is 0 Å². The number of nitro benzene ring substituents is 1. The lowest BCUT2D eigenvalue weighted by Crippen LogP contribution is -2.07. The number of hydrogen-bond donors (Lipinski definition) is 2. The van der Waals surface area contributed by atoms with Gasteiger partial charge in [-0.2, -0.15) is 0 Å². The maximum absolute atomic E-state index is 10.9. The second kappa shape index (κ2) is 4.84. The third kappa shape index (κ3) is 2.63. The standard InChI is InChI=1S/C9H10N2O4S/c1-5(12)10-6-3-9(16)7(11(13)14)4-8(6)15-2/h3-4,16H,1-2H3,(H,10,12). The lowest BCUT2D eigenvalue weighted by molar-refractivity contribution is -0.387. The van der Waals surface area contributed by atoms with Crippen LogP contribution < -0.4 is 10.1 Å². The predicted molar refractivity (Wildman–Crippen MR) is 61.2 cm³/mol. The Labute approximate surface area is 97.2 Å². The summed E-state index contributed by atoms with van der Waals surface area (Å²) >= 11 is 3.97. The molecule has 7 heteroatoms. The highest BCUT2D eigenvalue weighted by molar-refractivity contribution is 7.80. The molecule has 0 saturated heterocycles. The number of nitro groups is 1. The van der Waals surface area contributed by atoms with E-state index >= 15 is 0 Å². The zero-order chi connectivity index (χ0) is 12.3. The van der Waals surface area contributed by atoms with Crippen LogP contribution in [0.2, 0.25) is 0 Å². The van der Waals surface area contributed by atoms with Gasteiger partial charge < -0.3 is 10.1 Å². The van der Waals surface area contributed by atoms with E-state index in [0.29, 0.717) is 5.69 Å². The van der Waals surface area contributed by atoms with Crippen molar-refractivity contribution in [1.82, 2.24) is 0 Å². The van der Waals surface area contributed by atoms with Crippen LogP contribution in [-0.4, -0.2) is 17.9 Å². The van der Waals surface area contributed by atoms with E-state index in [0.717, 1.165) is 0 Å². The minimum atomic E-state index is -0.567. The Bertz CT molecular complexity index is 447. The summed E-state index contributed by atoms with van der Waals surface area (Å²) in [6.07, 6.45) is 0. The fourth-order valence-corrected chi connectivity index (χ4v) is 1.44. The number of carbonyl (C=O) groups excluding carboxylic acids is 1. The number of methoxy groups -OCH3 is 1. The Morgan fingerprint density at radius 3 is 2.62 bits per heavy atom. The number of ether oxygens (including phenoxy) is 1. The molecule has 1 amide bonds. The quantitative estimate of drug-likeness (QED) is 0.481. The van der Waals surface area contributed by atoms with Crippen LogP contribution in [0.25, 0.3) is 0 Å². The molecular formula is C9H10N2O4S. The third-order valence-corrected chi connectivity index (χ3v) is 2.16. The molecule has 0 heterocycles. The van der Waals surface area contributed by atoms with E-state index in [1.165, 1.54) is 26.2 Å². The van der Waals surface area contributed by atoms with Crippen molar-refractivity contribution in [1.29, 1.82) is 0 Å². The first-order chi connectivity index (χ1) is 7.45. The second-order valence-corrected chi connectivity index (χ2v) is 3.46. The van der Waals surface area contributed by atoms with E-state index < -0.39 is 4.92 Å². The molecule has 1 aromatic carbocycles.